The molecule has 2 aromatic carbocycles. The number of aromatic nitrogens is 6. The molecule has 3 heterocycles. The van der Waals surface area contributed by atoms with Gasteiger partial charge in [0.05, 0.1) is 30.1 Å². The number of nitrogens with zero attached hydrogens (tertiary/aromatic N) is 10. The van der Waals surface area contributed by atoms with Gasteiger partial charge in [0, 0.05) is 22.5 Å². The van der Waals surface area contributed by atoms with E-state index < -0.39 is 24.2 Å². The van der Waals surface area contributed by atoms with Gasteiger partial charge in [0.1, 0.15) is 22.9 Å². The molecule has 0 aliphatic carbocycles. The lowest BCUT2D eigenvalue weighted by Crippen LogP contribution is -2.41. The van der Waals surface area contributed by atoms with Crippen LogP contribution in [0.1, 0.15) is 11.6 Å². The molecule has 2 amide bonds. The lowest BCUT2D eigenvalue weighted by molar-refractivity contribution is -0.274. The SMILES string of the molecule is N#CCN(C(=O)N1CC(n2cc(-c3nnn(CI)n3)cn2)C(c2ccc(Cl)cc2)=N1)c1ccc(OC(F)(F)F)cc1. The minimum atomic E-state index is -4.87. The molecule has 0 spiro atoms. The molecule has 0 N–H and O–H groups in total. The van der Waals surface area contributed by atoms with E-state index >= 15 is 0 Å². The van der Waals surface area contributed by atoms with E-state index in [1.54, 1.807) is 41.3 Å². The quantitative estimate of drug-likeness (QED) is 0.153. The minimum Gasteiger partial charge on any atom is -0.406 e. The standard InChI is InChI=1S/C24H17ClF3IN10O2/c25-17-3-1-15(2-4-17)21-20(37-12-16(11-31-37)22-32-35-39(14-29)34-22)13-38(33-21)23(40)36(10-9-30)18-5-7-19(8-6-18)41-24(26,27)28/h1-8,11-12,20H,10,13-14H2. The third-order valence-electron chi connectivity index (χ3n) is 5.83. The molecular formula is C24H17ClF3IN10O2. The lowest BCUT2D eigenvalue weighted by atomic mass is 10.0. The number of urea groups is 1. The number of anilines is 1. The van der Waals surface area contributed by atoms with Crippen molar-refractivity contribution < 1.29 is 22.7 Å². The van der Waals surface area contributed by atoms with Crippen molar-refractivity contribution in [3.63, 3.8) is 0 Å². The summed E-state index contributed by atoms with van der Waals surface area (Å²) >= 11 is 8.18. The number of nitriles is 1. The molecule has 1 aliphatic rings. The summed E-state index contributed by atoms with van der Waals surface area (Å²) in [6, 6.07) is 12.2. The highest BCUT2D eigenvalue weighted by atomic mass is 127. The number of carbonyl (C=O) groups is 1. The molecule has 1 aliphatic heterocycles. The van der Waals surface area contributed by atoms with Crippen LogP contribution in [0, 0.1) is 11.3 Å². The summed E-state index contributed by atoms with van der Waals surface area (Å²) in [4.78, 5) is 16.1. The smallest absolute Gasteiger partial charge is 0.406 e. The van der Waals surface area contributed by atoms with Gasteiger partial charge in [-0.2, -0.15) is 20.3 Å². The van der Waals surface area contributed by atoms with E-state index in [-0.39, 0.29) is 18.8 Å². The molecule has 0 bridgehead atoms. The first kappa shape index (κ1) is 28.3. The van der Waals surface area contributed by atoms with Crippen LogP contribution in [0.5, 0.6) is 5.75 Å². The van der Waals surface area contributed by atoms with E-state index in [0.29, 0.717) is 32.2 Å². The van der Waals surface area contributed by atoms with Gasteiger partial charge in [-0.15, -0.1) is 23.4 Å². The Kier molecular flexibility index (Phi) is 8.08. The van der Waals surface area contributed by atoms with Crippen molar-refractivity contribution >= 4 is 51.6 Å². The van der Waals surface area contributed by atoms with Crippen LogP contribution in [0.3, 0.4) is 0 Å². The van der Waals surface area contributed by atoms with Crippen molar-refractivity contribution in [1.29, 1.82) is 5.26 Å². The van der Waals surface area contributed by atoms with Crippen molar-refractivity contribution in [1.82, 2.24) is 35.0 Å². The summed E-state index contributed by atoms with van der Waals surface area (Å²) in [5.74, 6) is -0.0839. The summed E-state index contributed by atoms with van der Waals surface area (Å²) in [5, 5.41) is 32.4. The van der Waals surface area contributed by atoms with Gasteiger partial charge in [0.15, 0.2) is 0 Å². The molecule has 210 valence electrons. The van der Waals surface area contributed by atoms with E-state index in [2.05, 4.69) is 52.9 Å². The first-order chi connectivity index (χ1) is 19.6. The summed E-state index contributed by atoms with van der Waals surface area (Å²) in [6.07, 6.45) is -1.58. The summed E-state index contributed by atoms with van der Waals surface area (Å²) in [6.45, 7) is -0.335. The van der Waals surface area contributed by atoms with Gasteiger partial charge in [-0.3, -0.25) is 9.58 Å². The number of amides is 2. The summed E-state index contributed by atoms with van der Waals surface area (Å²) in [7, 11) is 0. The maximum Gasteiger partial charge on any atom is 0.573 e. The van der Waals surface area contributed by atoms with Gasteiger partial charge in [-0.1, -0.05) is 46.3 Å². The van der Waals surface area contributed by atoms with Crippen molar-refractivity contribution in [3.05, 3.63) is 71.5 Å². The largest absolute Gasteiger partial charge is 0.573 e. The molecule has 1 atom stereocenters. The zero-order valence-corrected chi connectivity index (χ0v) is 23.6. The Morgan fingerprint density at radius 1 is 1.17 bits per heavy atom. The lowest BCUT2D eigenvalue weighted by Gasteiger charge is -2.24. The molecule has 0 saturated carbocycles. The second-order valence-electron chi connectivity index (χ2n) is 8.47. The molecule has 12 nitrogen and oxygen atoms in total. The average Bonchev–Trinajstić information content (AvgIpc) is 3.71. The number of alkyl halides is 4. The van der Waals surface area contributed by atoms with E-state index in [0.717, 1.165) is 17.0 Å². The van der Waals surface area contributed by atoms with Crippen LogP contribution in [0.4, 0.5) is 23.7 Å². The number of ether oxygens (including phenoxy) is 1. The number of hydrogen-bond acceptors (Lipinski definition) is 8. The molecule has 2 aromatic heterocycles. The minimum absolute atomic E-state index is 0.0446. The van der Waals surface area contributed by atoms with Crippen LogP contribution >= 0.6 is 34.2 Å². The number of tetrazole rings is 1. The van der Waals surface area contributed by atoms with Gasteiger partial charge in [-0.25, -0.2) is 9.80 Å². The molecule has 4 aromatic rings. The fourth-order valence-electron chi connectivity index (χ4n) is 4.03. The second-order valence-corrected chi connectivity index (χ2v) is 9.59. The Morgan fingerprint density at radius 2 is 1.90 bits per heavy atom. The van der Waals surface area contributed by atoms with Crippen LogP contribution in [0.15, 0.2) is 66.0 Å². The van der Waals surface area contributed by atoms with Gasteiger partial charge >= 0.3 is 12.4 Å². The van der Waals surface area contributed by atoms with Crippen molar-refractivity contribution in [3.8, 4) is 23.2 Å². The van der Waals surface area contributed by atoms with Crippen LogP contribution in [0.25, 0.3) is 11.4 Å². The van der Waals surface area contributed by atoms with E-state index in [9.17, 15) is 23.2 Å². The predicted molar refractivity (Wildman–Crippen MR) is 148 cm³/mol. The molecule has 0 radical (unpaired) electrons. The van der Waals surface area contributed by atoms with Crippen LogP contribution in [-0.4, -0.2) is 66.2 Å². The topological polar surface area (TPSA) is 130 Å². The highest BCUT2D eigenvalue weighted by Crippen LogP contribution is 2.30. The Labute approximate surface area is 248 Å². The highest BCUT2D eigenvalue weighted by Gasteiger charge is 2.36. The number of hydrazone groups is 1. The fourth-order valence-corrected chi connectivity index (χ4v) is 4.44. The Morgan fingerprint density at radius 3 is 2.54 bits per heavy atom. The number of carbonyl (C=O) groups excluding carboxylic acids is 1. The molecule has 0 saturated heterocycles. The maximum atomic E-state index is 13.6. The first-order valence-electron chi connectivity index (χ1n) is 11.7. The van der Waals surface area contributed by atoms with Crippen LogP contribution in [0.2, 0.25) is 5.02 Å². The number of rotatable bonds is 7. The Balaban J connectivity index is 1.45. The highest BCUT2D eigenvalue weighted by molar-refractivity contribution is 14.1. The molecule has 5 rings (SSSR count). The average molecular weight is 697 g/mol. The van der Waals surface area contributed by atoms with Crippen molar-refractivity contribution in [2.45, 2.75) is 17.0 Å². The third kappa shape index (κ3) is 6.41. The predicted octanol–water partition coefficient (Wildman–Crippen LogP) is 4.89. The molecule has 1 unspecified atom stereocenters. The normalized spacial score (nSPS) is 15.0. The zero-order valence-electron chi connectivity index (χ0n) is 20.7. The zero-order chi connectivity index (χ0) is 29.1. The molecule has 0 fully saturated rings. The summed E-state index contributed by atoms with van der Waals surface area (Å²) in [5.41, 5.74) is 1.97. The van der Waals surface area contributed by atoms with Gasteiger partial charge in [-0.05, 0) is 41.6 Å². The van der Waals surface area contributed by atoms with E-state index in [1.807, 2.05) is 6.07 Å². The molecular weight excluding hydrogens is 680 g/mol. The molecule has 17 heteroatoms. The van der Waals surface area contributed by atoms with Crippen molar-refractivity contribution in [2.24, 2.45) is 5.10 Å². The third-order valence-corrected chi connectivity index (χ3v) is 6.69. The van der Waals surface area contributed by atoms with E-state index in [4.69, 9.17) is 11.6 Å². The Hall–Kier alpha value is -4.24. The second kappa shape index (κ2) is 11.7. The fraction of sp³-hybridized carbons (Fsp3) is 0.208. The monoisotopic (exact) mass is 696 g/mol. The van der Waals surface area contributed by atoms with Crippen molar-refractivity contribution in [2.75, 3.05) is 18.0 Å². The summed E-state index contributed by atoms with van der Waals surface area (Å²) < 4.78 is 43.7. The Bertz CT molecular complexity index is 1620. The van der Waals surface area contributed by atoms with Crippen LogP contribution in [-0.2, 0) is 4.55 Å². The first-order valence-corrected chi connectivity index (χ1v) is 13.6. The number of halogens is 5. The van der Waals surface area contributed by atoms with Gasteiger partial charge in [0.2, 0.25) is 5.82 Å². The number of hydrogen-bond donors (Lipinski definition) is 0. The maximum absolute atomic E-state index is 13.6. The van der Waals surface area contributed by atoms with Crippen LogP contribution < -0.4 is 9.64 Å². The van der Waals surface area contributed by atoms with E-state index in [1.165, 1.54) is 21.9 Å². The van der Waals surface area contributed by atoms with Gasteiger partial charge in [0.25, 0.3) is 0 Å². The van der Waals surface area contributed by atoms with Gasteiger partial charge < -0.3 is 4.74 Å². The molecule has 41 heavy (non-hydrogen) atoms. The number of benzene rings is 2.